The smallest absolute Gasteiger partial charge is 0.147 e. The molecule has 0 heterocycles. The van der Waals surface area contributed by atoms with E-state index in [1.165, 1.54) is 12.8 Å². The Balaban J connectivity index is 2.01. The Hall–Kier alpha value is -0.670. The van der Waals surface area contributed by atoms with Crippen LogP contribution in [0.2, 0.25) is 0 Å². The number of allylic oxidation sites excluding steroid dienone is 1. The van der Waals surface area contributed by atoms with Gasteiger partial charge in [0.2, 0.25) is 0 Å². The second-order valence-electron chi connectivity index (χ2n) is 8.75. The molecule has 0 N–H and O–H groups in total. The van der Waals surface area contributed by atoms with Crippen molar-refractivity contribution >= 4 is 5.78 Å². The first kappa shape index (κ1) is 19.7. The zero-order valence-electron chi connectivity index (χ0n) is 16.4. The molecule has 2 fully saturated rings. The van der Waals surface area contributed by atoms with Gasteiger partial charge in [-0.2, -0.15) is 0 Å². The van der Waals surface area contributed by atoms with Gasteiger partial charge in [-0.1, -0.05) is 32.9 Å². The SMILES string of the molecule is COCOC(C)(C)[C@@H](C)/C=C/[C@@H](C)[C@H]1CC[C@@H]2C(=O)CCC[C@@]21C. The summed E-state index contributed by atoms with van der Waals surface area (Å²) in [6.45, 7) is 11.4. The zero-order chi connectivity index (χ0) is 18.0. The number of hydrogen-bond acceptors (Lipinski definition) is 3. The van der Waals surface area contributed by atoms with Gasteiger partial charge in [-0.3, -0.25) is 4.79 Å². The van der Waals surface area contributed by atoms with Crippen molar-refractivity contribution in [1.29, 1.82) is 0 Å². The van der Waals surface area contributed by atoms with Gasteiger partial charge >= 0.3 is 0 Å². The fourth-order valence-corrected chi connectivity index (χ4v) is 4.88. The lowest BCUT2D eigenvalue weighted by Gasteiger charge is -2.41. The molecule has 0 spiro atoms. The van der Waals surface area contributed by atoms with Crippen molar-refractivity contribution in [3.63, 3.8) is 0 Å². The third kappa shape index (κ3) is 3.94. The Labute approximate surface area is 148 Å². The first-order valence-corrected chi connectivity index (χ1v) is 9.56. The largest absolute Gasteiger partial charge is 0.359 e. The molecular weight excluding hydrogens is 300 g/mol. The zero-order valence-corrected chi connectivity index (χ0v) is 16.4. The van der Waals surface area contributed by atoms with Gasteiger partial charge in [0.05, 0.1) is 5.60 Å². The first-order valence-electron chi connectivity index (χ1n) is 9.56. The van der Waals surface area contributed by atoms with Crippen LogP contribution in [0.5, 0.6) is 0 Å². The number of carbonyl (C=O) groups excluding carboxylic acids is 1. The maximum absolute atomic E-state index is 12.3. The van der Waals surface area contributed by atoms with Crippen LogP contribution in [0.4, 0.5) is 0 Å². The molecule has 0 aromatic rings. The van der Waals surface area contributed by atoms with Crippen LogP contribution in [-0.4, -0.2) is 25.3 Å². The Bertz CT molecular complexity index is 468. The van der Waals surface area contributed by atoms with E-state index in [4.69, 9.17) is 9.47 Å². The second-order valence-corrected chi connectivity index (χ2v) is 8.75. The highest BCUT2D eigenvalue weighted by Crippen LogP contribution is 2.56. The van der Waals surface area contributed by atoms with E-state index < -0.39 is 0 Å². The van der Waals surface area contributed by atoms with Crippen LogP contribution in [0.25, 0.3) is 0 Å². The van der Waals surface area contributed by atoms with E-state index in [-0.39, 0.29) is 11.0 Å². The van der Waals surface area contributed by atoms with E-state index in [9.17, 15) is 4.79 Å². The minimum absolute atomic E-state index is 0.213. The van der Waals surface area contributed by atoms with Gasteiger partial charge in [-0.05, 0) is 56.8 Å². The molecule has 0 radical (unpaired) electrons. The average Bonchev–Trinajstić information content (AvgIpc) is 2.88. The summed E-state index contributed by atoms with van der Waals surface area (Å²) in [6, 6.07) is 0. The number of fused-ring (bicyclic) bond motifs is 1. The monoisotopic (exact) mass is 336 g/mol. The van der Waals surface area contributed by atoms with E-state index in [0.717, 1.165) is 19.3 Å². The molecule has 24 heavy (non-hydrogen) atoms. The van der Waals surface area contributed by atoms with Crippen molar-refractivity contribution in [3.8, 4) is 0 Å². The number of Topliss-reactive ketones (excluding diaryl/α,β-unsaturated/α-hetero) is 1. The number of rotatable bonds is 7. The lowest BCUT2D eigenvalue weighted by Crippen LogP contribution is -2.39. The molecule has 0 amide bonds. The number of carbonyl (C=O) groups is 1. The predicted molar refractivity (Wildman–Crippen MR) is 97.7 cm³/mol. The molecule has 2 aliphatic rings. The van der Waals surface area contributed by atoms with Gasteiger partial charge < -0.3 is 9.47 Å². The van der Waals surface area contributed by atoms with Gasteiger partial charge in [0, 0.05) is 25.4 Å². The Morgan fingerprint density at radius 3 is 2.67 bits per heavy atom. The Kier molecular flexibility index (Phi) is 6.30. The summed E-state index contributed by atoms with van der Waals surface area (Å²) in [5.74, 6) is 2.27. The van der Waals surface area contributed by atoms with Crippen molar-refractivity contribution in [1.82, 2.24) is 0 Å². The highest BCUT2D eigenvalue weighted by molar-refractivity contribution is 5.83. The topological polar surface area (TPSA) is 35.5 Å². The molecule has 5 atom stereocenters. The fraction of sp³-hybridized carbons (Fsp3) is 0.857. The van der Waals surface area contributed by atoms with Crippen LogP contribution < -0.4 is 0 Å². The van der Waals surface area contributed by atoms with Gasteiger partial charge in [0.15, 0.2) is 0 Å². The number of hydrogen-bond donors (Lipinski definition) is 0. The standard InChI is InChI=1S/C21H36O3/c1-15(9-10-16(2)20(3,4)24-14-23-6)17-11-12-18-19(22)8-7-13-21(17,18)5/h9-10,15-18H,7-8,11-14H2,1-6H3/b10-9+/t15-,16+,17-,18-,21-/m1/s1. The van der Waals surface area contributed by atoms with Gasteiger partial charge in [0.25, 0.3) is 0 Å². The van der Waals surface area contributed by atoms with Gasteiger partial charge in [-0.25, -0.2) is 0 Å². The lowest BCUT2D eigenvalue weighted by atomic mass is 9.62. The normalized spacial score (nSPS) is 33.7. The Morgan fingerprint density at radius 1 is 1.29 bits per heavy atom. The number of ketones is 1. The average molecular weight is 337 g/mol. The maximum Gasteiger partial charge on any atom is 0.147 e. The summed E-state index contributed by atoms with van der Waals surface area (Å²) >= 11 is 0. The molecule has 3 heteroatoms. The molecule has 3 nitrogen and oxygen atoms in total. The predicted octanol–water partition coefficient (Wildman–Crippen LogP) is 5.00. The minimum atomic E-state index is -0.241. The van der Waals surface area contributed by atoms with Crippen LogP contribution in [0.1, 0.15) is 66.7 Å². The second kappa shape index (κ2) is 7.70. The molecule has 0 aromatic heterocycles. The lowest BCUT2D eigenvalue weighted by molar-refractivity contribution is -0.129. The molecule has 2 saturated carbocycles. The van der Waals surface area contributed by atoms with Crippen molar-refractivity contribution in [2.45, 2.75) is 72.3 Å². The van der Waals surface area contributed by atoms with Crippen LogP contribution >= 0.6 is 0 Å². The molecule has 0 bridgehead atoms. The van der Waals surface area contributed by atoms with E-state index in [1.807, 2.05) is 0 Å². The highest BCUT2D eigenvalue weighted by atomic mass is 16.7. The van der Waals surface area contributed by atoms with E-state index in [2.05, 4.69) is 46.8 Å². The van der Waals surface area contributed by atoms with E-state index in [1.54, 1.807) is 7.11 Å². The van der Waals surface area contributed by atoms with E-state index in [0.29, 0.717) is 36.2 Å². The van der Waals surface area contributed by atoms with Gasteiger partial charge in [0.1, 0.15) is 12.6 Å². The molecular formula is C21H36O3. The summed E-state index contributed by atoms with van der Waals surface area (Å²) in [6.07, 6.45) is 10.0. The van der Waals surface area contributed by atoms with Crippen molar-refractivity contribution in [2.75, 3.05) is 13.9 Å². The summed E-state index contributed by atoms with van der Waals surface area (Å²) in [7, 11) is 1.65. The van der Waals surface area contributed by atoms with Crippen molar-refractivity contribution < 1.29 is 14.3 Å². The highest BCUT2D eigenvalue weighted by Gasteiger charge is 2.51. The summed E-state index contributed by atoms with van der Waals surface area (Å²) < 4.78 is 10.8. The first-order chi connectivity index (χ1) is 11.2. The molecule has 0 saturated heterocycles. The molecule has 138 valence electrons. The molecule has 2 aliphatic carbocycles. The van der Waals surface area contributed by atoms with Crippen LogP contribution in [0.3, 0.4) is 0 Å². The molecule has 0 aromatic carbocycles. The summed E-state index contributed by atoms with van der Waals surface area (Å²) in [5, 5.41) is 0. The maximum atomic E-state index is 12.3. The number of methoxy groups -OCH3 is 1. The fourth-order valence-electron chi connectivity index (χ4n) is 4.88. The van der Waals surface area contributed by atoms with Crippen LogP contribution in [0.15, 0.2) is 12.2 Å². The van der Waals surface area contributed by atoms with E-state index >= 15 is 0 Å². The molecule has 0 unspecified atom stereocenters. The van der Waals surface area contributed by atoms with Crippen molar-refractivity contribution in [3.05, 3.63) is 12.2 Å². The third-order valence-corrected chi connectivity index (χ3v) is 6.92. The van der Waals surface area contributed by atoms with Crippen molar-refractivity contribution in [2.24, 2.45) is 29.1 Å². The quantitative estimate of drug-likeness (QED) is 0.485. The van der Waals surface area contributed by atoms with Crippen LogP contribution in [-0.2, 0) is 14.3 Å². The minimum Gasteiger partial charge on any atom is -0.359 e. The summed E-state index contributed by atoms with van der Waals surface area (Å²) in [4.78, 5) is 12.3. The van der Waals surface area contributed by atoms with Gasteiger partial charge in [-0.15, -0.1) is 0 Å². The molecule has 2 rings (SSSR count). The Morgan fingerprint density at radius 2 is 2.00 bits per heavy atom. The summed E-state index contributed by atoms with van der Waals surface area (Å²) in [5.41, 5.74) is -0.0282. The molecule has 0 aliphatic heterocycles. The van der Waals surface area contributed by atoms with Crippen LogP contribution in [0, 0.1) is 29.1 Å². The number of ether oxygens (including phenoxy) is 2. The third-order valence-electron chi connectivity index (χ3n) is 6.92.